The molecule has 0 bridgehead atoms. The number of rotatable bonds is 5. The fourth-order valence-electron chi connectivity index (χ4n) is 2.74. The highest BCUT2D eigenvalue weighted by molar-refractivity contribution is 5.79. The minimum Gasteiger partial charge on any atom is -0.396 e. The van der Waals surface area contributed by atoms with Crippen molar-refractivity contribution in [2.45, 2.75) is 12.6 Å². The molecule has 1 heterocycles. The maximum atomic E-state index is 12.7. The average molecular weight is 361 g/mol. The number of hydrogen-bond acceptors (Lipinski definition) is 3. The van der Waals surface area contributed by atoms with Gasteiger partial charge in [-0.05, 0) is 30.3 Å². The molecule has 0 radical (unpaired) electrons. The normalized spacial score (nSPS) is 11.6. The van der Waals surface area contributed by atoms with Gasteiger partial charge in [0.1, 0.15) is 5.82 Å². The van der Waals surface area contributed by atoms with Gasteiger partial charge in [0, 0.05) is 30.4 Å². The van der Waals surface area contributed by atoms with Gasteiger partial charge in [0.2, 0.25) is 0 Å². The first-order valence-electron chi connectivity index (χ1n) is 8.05. The number of nitrogens with zero attached hydrogens (tertiary/aromatic N) is 2. The highest BCUT2D eigenvalue weighted by Crippen LogP contribution is 2.33. The molecule has 0 atom stereocenters. The van der Waals surface area contributed by atoms with Gasteiger partial charge >= 0.3 is 6.18 Å². The van der Waals surface area contributed by atoms with Crippen LogP contribution in [0.15, 0.2) is 54.7 Å². The third kappa shape index (κ3) is 3.72. The largest absolute Gasteiger partial charge is 0.416 e. The molecular formula is C19H18F3N3O. The van der Waals surface area contributed by atoms with Gasteiger partial charge in [-0.1, -0.05) is 18.2 Å². The van der Waals surface area contributed by atoms with Crippen molar-refractivity contribution in [2.75, 3.05) is 11.9 Å². The van der Waals surface area contributed by atoms with Gasteiger partial charge < -0.3 is 15.0 Å². The topological polar surface area (TPSA) is 50.1 Å². The summed E-state index contributed by atoms with van der Waals surface area (Å²) in [6, 6.07) is 12.4. The number of imidazole rings is 1. The molecule has 7 heteroatoms. The zero-order valence-electron chi connectivity index (χ0n) is 14.1. The van der Waals surface area contributed by atoms with Gasteiger partial charge in [0.25, 0.3) is 0 Å². The highest BCUT2D eigenvalue weighted by Gasteiger charge is 2.29. The van der Waals surface area contributed by atoms with E-state index in [0.717, 1.165) is 34.9 Å². The third-order valence-corrected chi connectivity index (χ3v) is 4.11. The molecule has 1 aromatic heterocycles. The number of hydrogen-bond donors (Lipinski definition) is 2. The number of aliphatic hydroxyl groups is 1. The summed E-state index contributed by atoms with van der Waals surface area (Å²) in [5, 5.41) is 12.3. The summed E-state index contributed by atoms with van der Waals surface area (Å²) < 4.78 is 40.0. The van der Waals surface area contributed by atoms with Gasteiger partial charge in [-0.25, -0.2) is 4.98 Å². The van der Waals surface area contributed by atoms with Crippen molar-refractivity contribution in [3.05, 3.63) is 66.1 Å². The van der Waals surface area contributed by atoms with Crippen LogP contribution in [0.25, 0.3) is 11.3 Å². The molecule has 136 valence electrons. The quantitative estimate of drug-likeness (QED) is 0.709. The van der Waals surface area contributed by atoms with Crippen LogP contribution < -0.4 is 5.32 Å². The van der Waals surface area contributed by atoms with E-state index in [2.05, 4.69) is 10.3 Å². The third-order valence-electron chi connectivity index (χ3n) is 4.11. The summed E-state index contributed by atoms with van der Waals surface area (Å²) in [6.45, 7) is 0.00967. The summed E-state index contributed by atoms with van der Waals surface area (Å²) in [6.07, 6.45) is -2.18. The summed E-state index contributed by atoms with van der Waals surface area (Å²) >= 11 is 0. The van der Waals surface area contributed by atoms with Crippen molar-refractivity contribution < 1.29 is 18.3 Å². The lowest BCUT2D eigenvalue weighted by Crippen LogP contribution is -2.05. The Balaban J connectivity index is 1.91. The Bertz CT molecular complexity index is 886. The minimum absolute atomic E-state index is 0.00967. The Labute approximate surface area is 148 Å². The number of alkyl halides is 3. The molecule has 0 amide bonds. The predicted molar refractivity (Wildman–Crippen MR) is 94.2 cm³/mol. The van der Waals surface area contributed by atoms with Crippen LogP contribution in [0.3, 0.4) is 0 Å². The fourth-order valence-corrected chi connectivity index (χ4v) is 2.74. The molecule has 2 aromatic carbocycles. The molecule has 0 saturated carbocycles. The molecule has 3 aromatic rings. The van der Waals surface area contributed by atoms with Crippen molar-refractivity contribution in [1.82, 2.24) is 9.55 Å². The van der Waals surface area contributed by atoms with E-state index in [9.17, 15) is 13.2 Å². The molecule has 0 aliphatic carbocycles. The first kappa shape index (κ1) is 18.0. The summed E-state index contributed by atoms with van der Waals surface area (Å²) in [7, 11) is 1.86. The Kier molecular flexibility index (Phi) is 4.99. The van der Waals surface area contributed by atoms with Crippen molar-refractivity contribution in [3.8, 4) is 11.3 Å². The molecule has 0 fully saturated rings. The van der Waals surface area contributed by atoms with Crippen LogP contribution in [0.2, 0.25) is 0 Å². The van der Waals surface area contributed by atoms with E-state index in [-0.39, 0.29) is 6.61 Å². The molecule has 3 rings (SSSR count). The number of aliphatic hydroxyl groups excluding tert-OH is 1. The molecule has 4 nitrogen and oxygen atoms in total. The predicted octanol–water partition coefficient (Wildman–Crippen LogP) is 4.38. The number of para-hydroxylation sites is 1. The van der Waals surface area contributed by atoms with E-state index < -0.39 is 11.7 Å². The van der Waals surface area contributed by atoms with E-state index in [1.165, 1.54) is 12.1 Å². The van der Waals surface area contributed by atoms with Crippen molar-refractivity contribution in [3.63, 3.8) is 0 Å². The average Bonchev–Trinajstić information content (AvgIpc) is 2.96. The molecular weight excluding hydrogens is 343 g/mol. The maximum Gasteiger partial charge on any atom is 0.416 e. The molecule has 0 aliphatic heterocycles. The van der Waals surface area contributed by atoms with Crippen LogP contribution >= 0.6 is 0 Å². The van der Waals surface area contributed by atoms with Crippen LogP contribution in [0, 0.1) is 0 Å². The second-order valence-electron chi connectivity index (χ2n) is 5.84. The van der Waals surface area contributed by atoms with Crippen molar-refractivity contribution in [1.29, 1.82) is 0 Å². The summed E-state index contributed by atoms with van der Waals surface area (Å²) in [5.41, 5.74) is 2.35. The second kappa shape index (κ2) is 7.21. The fraction of sp³-hybridized carbons (Fsp3) is 0.211. The van der Waals surface area contributed by atoms with Gasteiger partial charge in [-0.15, -0.1) is 0 Å². The van der Waals surface area contributed by atoms with Crippen LogP contribution in [0.4, 0.5) is 24.5 Å². The van der Waals surface area contributed by atoms with Gasteiger partial charge in [0.15, 0.2) is 0 Å². The van der Waals surface area contributed by atoms with Gasteiger partial charge in [-0.2, -0.15) is 13.2 Å². The lowest BCUT2D eigenvalue weighted by molar-refractivity contribution is -0.137. The molecule has 26 heavy (non-hydrogen) atoms. The first-order chi connectivity index (χ1) is 12.4. The van der Waals surface area contributed by atoms with Crippen LogP contribution in [-0.2, 0) is 19.6 Å². The lowest BCUT2D eigenvalue weighted by atomic mass is 10.1. The highest BCUT2D eigenvalue weighted by atomic mass is 19.4. The standard InChI is InChI=1S/C19H18F3N3O/c1-25-17(12-23-18(25)10-11-26)15-4-2-3-5-16(15)24-14-8-6-13(7-9-14)19(20,21)22/h2-9,12,24,26H,10-11H2,1H3. The second-order valence-corrected chi connectivity index (χ2v) is 5.84. The van der Waals surface area contributed by atoms with E-state index in [4.69, 9.17) is 5.11 Å². The Morgan fingerprint density at radius 3 is 2.42 bits per heavy atom. The number of benzene rings is 2. The van der Waals surface area contributed by atoms with Crippen molar-refractivity contribution >= 4 is 11.4 Å². The smallest absolute Gasteiger partial charge is 0.396 e. The zero-order chi connectivity index (χ0) is 18.7. The minimum atomic E-state index is -4.35. The van der Waals surface area contributed by atoms with E-state index in [1.54, 1.807) is 6.20 Å². The molecule has 0 spiro atoms. The maximum absolute atomic E-state index is 12.7. The molecule has 0 aliphatic rings. The number of anilines is 2. The van der Waals surface area contributed by atoms with Crippen LogP contribution in [0.1, 0.15) is 11.4 Å². The van der Waals surface area contributed by atoms with E-state index in [1.807, 2.05) is 35.9 Å². The monoisotopic (exact) mass is 361 g/mol. The lowest BCUT2D eigenvalue weighted by Gasteiger charge is -2.14. The number of halogens is 3. The molecule has 2 N–H and O–H groups in total. The Hall–Kier alpha value is -2.80. The molecule has 0 saturated heterocycles. The van der Waals surface area contributed by atoms with Crippen LogP contribution in [-0.4, -0.2) is 21.3 Å². The SMILES string of the molecule is Cn1c(-c2ccccc2Nc2ccc(C(F)(F)F)cc2)cnc1CCO. The van der Waals surface area contributed by atoms with Crippen LogP contribution in [0.5, 0.6) is 0 Å². The van der Waals surface area contributed by atoms with E-state index >= 15 is 0 Å². The van der Waals surface area contributed by atoms with Gasteiger partial charge in [-0.3, -0.25) is 0 Å². The summed E-state index contributed by atoms with van der Waals surface area (Å²) in [5.74, 6) is 0.756. The van der Waals surface area contributed by atoms with Crippen molar-refractivity contribution in [2.24, 2.45) is 7.05 Å². The Morgan fingerprint density at radius 1 is 1.08 bits per heavy atom. The molecule has 0 unspecified atom stereocenters. The first-order valence-corrected chi connectivity index (χ1v) is 8.05. The zero-order valence-corrected chi connectivity index (χ0v) is 14.1. The van der Waals surface area contributed by atoms with E-state index in [0.29, 0.717) is 12.1 Å². The van der Waals surface area contributed by atoms with Gasteiger partial charge in [0.05, 0.1) is 24.1 Å². The summed E-state index contributed by atoms with van der Waals surface area (Å²) in [4.78, 5) is 4.32. The number of nitrogens with one attached hydrogen (secondary N) is 1. The Morgan fingerprint density at radius 2 is 1.77 bits per heavy atom. The number of aromatic nitrogens is 2.